The number of pyridine rings is 1. The van der Waals surface area contributed by atoms with Gasteiger partial charge in [-0.15, -0.1) is 0 Å². The number of hydrogen-bond acceptors (Lipinski definition) is 3. The van der Waals surface area contributed by atoms with Crippen LogP contribution in [-0.2, 0) is 11.2 Å². The molecule has 0 amide bonds. The van der Waals surface area contributed by atoms with Gasteiger partial charge in [0.15, 0.2) is 0 Å². The monoisotopic (exact) mass is 248 g/mol. The molecular formula is C15H24N2O. The van der Waals surface area contributed by atoms with Gasteiger partial charge in [-0.1, -0.05) is 19.9 Å². The molecule has 2 heterocycles. The van der Waals surface area contributed by atoms with Gasteiger partial charge in [-0.25, -0.2) is 0 Å². The Bertz CT molecular complexity index is 342. The van der Waals surface area contributed by atoms with Gasteiger partial charge in [0, 0.05) is 31.6 Å². The van der Waals surface area contributed by atoms with Crippen LogP contribution in [0.25, 0.3) is 0 Å². The summed E-state index contributed by atoms with van der Waals surface area (Å²) in [7, 11) is 0. The maximum Gasteiger partial charge on any atom is 0.0494 e. The van der Waals surface area contributed by atoms with Crippen LogP contribution in [-0.4, -0.2) is 30.8 Å². The zero-order valence-electron chi connectivity index (χ0n) is 11.4. The Morgan fingerprint density at radius 1 is 1.56 bits per heavy atom. The summed E-state index contributed by atoms with van der Waals surface area (Å²) in [6.07, 6.45) is 6.05. The predicted molar refractivity (Wildman–Crippen MR) is 73.5 cm³/mol. The molecule has 0 aliphatic carbocycles. The number of nitrogens with zero attached hydrogens (tertiary/aromatic N) is 1. The highest BCUT2D eigenvalue weighted by Gasteiger charge is 2.29. The highest BCUT2D eigenvalue weighted by molar-refractivity contribution is 5.11. The van der Waals surface area contributed by atoms with Crippen LogP contribution < -0.4 is 5.32 Å². The first-order chi connectivity index (χ1) is 8.81. The Morgan fingerprint density at radius 3 is 3.11 bits per heavy atom. The first kappa shape index (κ1) is 13.5. The first-order valence-corrected chi connectivity index (χ1v) is 7.01. The second-order valence-corrected chi connectivity index (χ2v) is 5.23. The minimum absolute atomic E-state index is 0.540. The molecular weight excluding hydrogens is 224 g/mol. The molecule has 18 heavy (non-hydrogen) atoms. The fourth-order valence-corrected chi connectivity index (χ4v) is 2.90. The Hall–Kier alpha value is -0.930. The minimum atomic E-state index is 0.540. The van der Waals surface area contributed by atoms with Gasteiger partial charge < -0.3 is 10.1 Å². The molecule has 0 spiro atoms. The summed E-state index contributed by atoms with van der Waals surface area (Å²) in [5, 5.41) is 3.65. The van der Waals surface area contributed by atoms with Crippen molar-refractivity contribution in [3.05, 3.63) is 30.1 Å². The van der Waals surface area contributed by atoms with Crippen molar-refractivity contribution in [3.8, 4) is 0 Å². The third-order valence-corrected chi connectivity index (χ3v) is 3.87. The SMILES string of the molecule is CCNC(Cc1cccnc1)C1CCOCC1C. The van der Waals surface area contributed by atoms with Gasteiger partial charge in [0.05, 0.1) is 0 Å². The molecule has 1 aliphatic heterocycles. The third-order valence-electron chi connectivity index (χ3n) is 3.87. The van der Waals surface area contributed by atoms with Gasteiger partial charge in [-0.05, 0) is 42.9 Å². The summed E-state index contributed by atoms with van der Waals surface area (Å²) < 4.78 is 5.55. The van der Waals surface area contributed by atoms with Gasteiger partial charge in [0.2, 0.25) is 0 Å². The lowest BCUT2D eigenvalue weighted by Gasteiger charge is -2.35. The molecule has 2 rings (SSSR count). The van der Waals surface area contributed by atoms with E-state index in [1.807, 2.05) is 18.5 Å². The van der Waals surface area contributed by atoms with Crippen LogP contribution in [0.1, 0.15) is 25.8 Å². The normalized spacial score (nSPS) is 25.9. The van der Waals surface area contributed by atoms with Crippen molar-refractivity contribution < 1.29 is 4.74 Å². The van der Waals surface area contributed by atoms with E-state index < -0.39 is 0 Å². The maximum absolute atomic E-state index is 5.55. The van der Waals surface area contributed by atoms with Gasteiger partial charge in [0.1, 0.15) is 0 Å². The first-order valence-electron chi connectivity index (χ1n) is 7.01. The number of rotatable bonds is 5. The zero-order chi connectivity index (χ0) is 12.8. The van der Waals surface area contributed by atoms with Gasteiger partial charge in [-0.3, -0.25) is 4.98 Å². The molecule has 0 aromatic carbocycles. The summed E-state index contributed by atoms with van der Waals surface area (Å²) >= 11 is 0. The van der Waals surface area contributed by atoms with Crippen LogP contribution in [0.5, 0.6) is 0 Å². The van der Waals surface area contributed by atoms with Gasteiger partial charge >= 0.3 is 0 Å². The van der Waals surface area contributed by atoms with E-state index in [1.165, 1.54) is 12.0 Å². The predicted octanol–water partition coefficient (Wildman–Crippen LogP) is 2.27. The number of likely N-dealkylation sites (N-methyl/N-ethyl adjacent to an activating group) is 1. The van der Waals surface area contributed by atoms with E-state index in [1.54, 1.807) is 0 Å². The summed E-state index contributed by atoms with van der Waals surface area (Å²) in [6, 6.07) is 4.73. The average Bonchev–Trinajstić information content (AvgIpc) is 2.40. The van der Waals surface area contributed by atoms with E-state index in [0.29, 0.717) is 17.9 Å². The fourth-order valence-electron chi connectivity index (χ4n) is 2.90. The molecule has 1 fully saturated rings. The molecule has 0 bridgehead atoms. The Morgan fingerprint density at radius 2 is 2.44 bits per heavy atom. The van der Waals surface area contributed by atoms with Crippen LogP contribution in [0.2, 0.25) is 0 Å². The van der Waals surface area contributed by atoms with Crippen LogP contribution in [0.4, 0.5) is 0 Å². The highest BCUT2D eigenvalue weighted by atomic mass is 16.5. The molecule has 1 N–H and O–H groups in total. The number of ether oxygens (including phenoxy) is 1. The molecule has 100 valence electrons. The lowest BCUT2D eigenvalue weighted by Crippen LogP contribution is -2.44. The largest absolute Gasteiger partial charge is 0.381 e. The van der Waals surface area contributed by atoms with Crippen molar-refractivity contribution >= 4 is 0 Å². The molecule has 1 aromatic rings. The quantitative estimate of drug-likeness (QED) is 0.868. The van der Waals surface area contributed by atoms with Gasteiger partial charge in [0.25, 0.3) is 0 Å². The summed E-state index contributed by atoms with van der Waals surface area (Å²) in [5.74, 6) is 1.35. The Kier molecular flexibility index (Phi) is 5.14. The van der Waals surface area contributed by atoms with E-state index in [2.05, 4.69) is 30.2 Å². The van der Waals surface area contributed by atoms with Crippen molar-refractivity contribution in [2.75, 3.05) is 19.8 Å². The van der Waals surface area contributed by atoms with Crippen molar-refractivity contribution in [1.29, 1.82) is 0 Å². The van der Waals surface area contributed by atoms with Crippen LogP contribution in [0.15, 0.2) is 24.5 Å². The molecule has 3 atom stereocenters. The molecule has 3 heteroatoms. The summed E-state index contributed by atoms with van der Waals surface area (Å²) in [4.78, 5) is 4.21. The van der Waals surface area contributed by atoms with Crippen molar-refractivity contribution in [2.24, 2.45) is 11.8 Å². The fraction of sp³-hybridized carbons (Fsp3) is 0.667. The van der Waals surface area contributed by atoms with Gasteiger partial charge in [-0.2, -0.15) is 0 Å². The minimum Gasteiger partial charge on any atom is -0.381 e. The highest BCUT2D eigenvalue weighted by Crippen LogP contribution is 2.26. The average molecular weight is 248 g/mol. The molecule has 0 radical (unpaired) electrons. The second-order valence-electron chi connectivity index (χ2n) is 5.23. The van der Waals surface area contributed by atoms with E-state index in [4.69, 9.17) is 4.74 Å². The number of hydrogen-bond donors (Lipinski definition) is 1. The standard InChI is InChI=1S/C15H24N2O/c1-3-17-15(9-13-5-4-7-16-10-13)14-6-8-18-11-12(14)2/h4-5,7,10,12,14-15,17H,3,6,8-9,11H2,1-2H3. The third kappa shape index (κ3) is 3.53. The second kappa shape index (κ2) is 6.86. The lowest BCUT2D eigenvalue weighted by atomic mass is 9.81. The van der Waals surface area contributed by atoms with Crippen LogP contribution in [0, 0.1) is 11.8 Å². The van der Waals surface area contributed by atoms with E-state index in [9.17, 15) is 0 Å². The van der Waals surface area contributed by atoms with Crippen molar-refractivity contribution in [3.63, 3.8) is 0 Å². The topological polar surface area (TPSA) is 34.2 Å². The lowest BCUT2D eigenvalue weighted by molar-refractivity contribution is 0.0111. The molecule has 0 saturated carbocycles. The van der Waals surface area contributed by atoms with E-state index in [-0.39, 0.29) is 0 Å². The number of aromatic nitrogens is 1. The summed E-state index contributed by atoms with van der Waals surface area (Å²) in [6.45, 7) is 7.32. The molecule has 3 unspecified atom stereocenters. The van der Waals surface area contributed by atoms with E-state index >= 15 is 0 Å². The molecule has 3 nitrogen and oxygen atoms in total. The van der Waals surface area contributed by atoms with Crippen LogP contribution >= 0.6 is 0 Å². The summed E-state index contributed by atoms with van der Waals surface area (Å²) in [5.41, 5.74) is 1.32. The molecule has 1 aliphatic rings. The van der Waals surface area contributed by atoms with E-state index in [0.717, 1.165) is 26.2 Å². The Balaban J connectivity index is 2.02. The molecule has 1 saturated heterocycles. The van der Waals surface area contributed by atoms with Crippen molar-refractivity contribution in [1.82, 2.24) is 10.3 Å². The molecule has 1 aromatic heterocycles. The smallest absolute Gasteiger partial charge is 0.0494 e. The van der Waals surface area contributed by atoms with Crippen LogP contribution in [0.3, 0.4) is 0 Å². The Labute approximate surface area is 110 Å². The van der Waals surface area contributed by atoms with Crippen molar-refractivity contribution in [2.45, 2.75) is 32.7 Å². The number of nitrogens with one attached hydrogen (secondary N) is 1. The zero-order valence-corrected chi connectivity index (χ0v) is 11.4. The maximum atomic E-state index is 5.55.